The van der Waals surface area contributed by atoms with Crippen molar-refractivity contribution in [2.45, 2.75) is 0 Å². The normalized spacial score (nSPS) is 10.6. The molecule has 2 aromatic carbocycles. The Labute approximate surface area is 138 Å². The van der Waals surface area contributed by atoms with Gasteiger partial charge in [0.2, 0.25) is 0 Å². The number of carbonyl (C=O) groups excluding carboxylic acids is 1. The number of hydrogen-bond donors (Lipinski definition) is 2. The quantitative estimate of drug-likeness (QED) is 0.559. The van der Waals surface area contributed by atoms with Gasteiger partial charge in [-0.15, -0.1) is 0 Å². The molecule has 1 heterocycles. The van der Waals surface area contributed by atoms with Crippen LogP contribution in [0.5, 0.6) is 5.75 Å². The van der Waals surface area contributed by atoms with Gasteiger partial charge in [-0.3, -0.25) is 4.79 Å². The molecule has 0 atom stereocenters. The third kappa shape index (κ3) is 3.59. The zero-order valence-electron chi connectivity index (χ0n) is 12.7. The van der Waals surface area contributed by atoms with Crippen LogP contribution in [0.3, 0.4) is 0 Å². The Hall–Kier alpha value is -3.59. The van der Waals surface area contributed by atoms with Crippen LogP contribution in [0.2, 0.25) is 0 Å². The number of hydrazone groups is 1. The lowest BCUT2D eigenvalue weighted by atomic mass is 10.2. The summed E-state index contributed by atoms with van der Waals surface area (Å²) in [5.74, 6) is 0.153. The second kappa shape index (κ2) is 7.11. The number of amides is 1. The lowest BCUT2D eigenvalue weighted by Gasteiger charge is -2.04. The number of fused-ring (bicyclic) bond motifs is 1. The van der Waals surface area contributed by atoms with Crippen LogP contribution >= 0.6 is 0 Å². The highest BCUT2D eigenvalue weighted by Crippen LogP contribution is 2.15. The minimum atomic E-state index is -0.365. The average molecular weight is 318 g/mol. The van der Waals surface area contributed by atoms with Gasteiger partial charge < -0.3 is 9.72 Å². The first-order chi connectivity index (χ1) is 11.8. The molecule has 3 aromatic rings. The van der Waals surface area contributed by atoms with E-state index in [9.17, 15) is 4.79 Å². The summed E-state index contributed by atoms with van der Waals surface area (Å²) in [6.07, 6.45) is 3.41. The minimum absolute atomic E-state index is 0.156. The number of hydrogen-bond acceptors (Lipinski definition) is 4. The van der Waals surface area contributed by atoms with Crippen molar-refractivity contribution in [3.63, 3.8) is 0 Å². The molecule has 0 unspecified atom stereocenters. The van der Waals surface area contributed by atoms with Crippen molar-refractivity contribution < 1.29 is 9.53 Å². The van der Waals surface area contributed by atoms with Crippen molar-refractivity contribution in [2.75, 3.05) is 6.61 Å². The zero-order chi connectivity index (χ0) is 16.8. The summed E-state index contributed by atoms with van der Waals surface area (Å²) in [6, 6.07) is 16.4. The van der Waals surface area contributed by atoms with Crippen LogP contribution in [0.15, 0.2) is 59.8 Å². The van der Waals surface area contributed by atoms with Gasteiger partial charge in [-0.25, -0.2) is 5.43 Å². The molecule has 6 heteroatoms. The highest BCUT2D eigenvalue weighted by atomic mass is 16.5. The summed E-state index contributed by atoms with van der Waals surface area (Å²) in [7, 11) is 0. The summed E-state index contributed by atoms with van der Waals surface area (Å²) in [4.78, 5) is 14.9. The highest BCUT2D eigenvalue weighted by molar-refractivity contribution is 5.99. The number of rotatable bonds is 5. The third-order valence-electron chi connectivity index (χ3n) is 3.37. The monoisotopic (exact) mass is 318 g/mol. The summed E-state index contributed by atoms with van der Waals surface area (Å²) >= 11 is 0. The Morgan fingerprint density at radius 3 is 2.83 bits per heavy atom. The SMILES string of the molecule is N#Cc1ccc(OCC(=O)N/N=C/c2c[nH]c3ccccc23)cc1. The van der Waals surface area contributed by atoms with Gasteiger partial charge in [0.15, 0.2) is 6.61 Å². The number of ether oxygens (including phenoxy) is 1. The average Bonchev–Trinajstić information content (AvgIpc) is 3.04. The molecule has 1 aromatic heterocycles. The molecule has 0 fully saturated rings. The second-order valence-electron chi connectivity index (χ2n) is 5.01. The van der Waals surface area contributed by atoms with Crippen LogP contribution in [0.25, 0.3) is 10.9 Å². The van der Waals surface area contributed by atoms with Crippen LogP contribution in [-0.4, -0.2) is 23.7 Å². The fraction of sp³-hybridized carbons (Fsp3) is 0.0556. The molecule has 24 heavy (non-hydrogen) atoms. The predicted molar refractivity (Wildman–Crippen MR) is 90.7 cm³/mol. The van der Waals surface area contributed by atoms with Gasteiger partial charge in [-0.05, 0) is 30.3 Å². The maximum absolute atomic E-state index is 11.7. The van der Waals surface area contributed by atoms with Gasteiger partial charge in [0, 0.05) is 22.7 Å². The number of carbonyl (C=O) groups is 1. The zero-order valence-corrected chi connectivity index (χ0v) is 12.7. The van der Waals surface area contributed by atoms with Gasteiger partial charge in [0.1, 0.15) is 5.75 Å². The maximum atomic E-state index is 11.7. The van der Waals surface area contributed by atoms with Crippen LogP contribution in [0.4, 0.5) is 0 Å². The summed E-state index contributed by atoms with van der Waals surface area (Å²) < 4.78 is 5.32. The molecule has 0 aliphatic heterocycles. The van der Waals surface area contributed by atoms with Crippen molar-refractivity contribution in [2.24, 2.45) is 5.10 Å². The topological polar surface area (TPSA) is 90.3 Å². The lowest BCUT2D eigenvalue weighted by Crippen LogP contribution is -2.24. The van der Waals surface area contributed by atoms with E-state index < -0.39 is 0 Å². The molecule has 0 aliphatic carbocycles. The molecular formula is C18H14N4O2. The number of aromatic nitrogens is 1. The van der Waals surface area contributed by atoms with Crippen LogP contribution in [0, 0.1) is 11.3 Å². The summed E-state index contributed by atoms with van der Waals surface area (Å²) in [5, 5.41) is 13.7. The van der Waals surface area contributed by atoms with Crippen LogP contribution in [-0.2, 0) is 4.79 Å². The van der Waals surface area contributed by atoms with E-state index in [1.165, 1.54) is 0 Å². The highest BCUT2D eigenvalue weighted by Gasteiger charge is 2.03. The number of aromatic amines is 1. The Balaban J connectivity index is 1.52. The molecule has 0 bridgehead atoms. The van der Waals surface area contributed by atoms with Gasteiger partial charge in [-0.1, -0.05) is 18.2 Å². The molecule has 0 radical (unpaired) electrons. The lowest BCUT2D eigenvalue weighted by molar-refractivity contribution is -0.123. The molecule has 118 valence electrons. The Kier molecular flexibility index (Phi) is 4.54. The summed E-state index contributed by atoms with van der Waals surface area (Å²) in [6.45, 7) is -0.156. The van der Waals surface area contributed by atoms with Gasteiger partial charge >= 0.3 is 0 Å². The number of benzene rings is 2. The first-order valence-electron chi connectivity index (χ1n) is 7.27. The standard InChI is InChI=1S/C18H14N4O2/c19-9-13-5-7-15(8-6-13)24-12-18(23)22-21-11-14-10-20-17-4-2-1-3-16(14)17/h1-8,10-11,20H,12H2,(H,22,23)/b21-11+. The van der Waals surface area contributed by atoms with E-state index in [0.29, 0.717) is 11.3 Å². The Morgan fingerprint density at radius 1 is 1.25 bits per heavy atom. The number of para-hydroxylation sites is 1. The van der Waals surface area contributed by atoms with Crippen molar-refractivity contribution in [3.8, 4) is 11.8 Å². The van der Waals surface area contributed by atoms with E-state index in [1.54, 1.807) is 30.5 Å². The fourth-order valence-corrected chi connectivity index (χ4v) is 2.18. The van der Waals surface area contributed by atoms with Crippen LogP contribution < -0.4 is 10.2 Å². The number of H-pyrrole nitrogens is 1. The molecule has 1 amide bonds. The predicted octanol–water partition coefficient (Wildman–Crippen LogP) is 2.57. The third-order valence-corrected chi connectivity index (χ3v) is 3.37. The van der Waals surface area contributed by atoms with E-state index in [0.717, 1.165) is 16.5 Å². The van der Waals surface area contributed by atoms with Crippen molar-refractivity contribution >= 4 is 23.0 Å². The number of nitriles is 1. The summed E-state index contributed by atoms with van der Waals surface area (Å²) in [5.41, 5.74) is 4.85. The Bertz CT molecular complexity index is 920. The fourth-order valence-electron chi connectivity index (χ4n) is 2.18. The molecule has 0 aliphatic rings. The smallest absolute Gasteiger partial charge is 0.277 e. The van der Waals surface area contributed by atoms with Gasteiger partial charge in [0.05, 0.1) is 17.8 Å². The van der Waals surface area contributed by atoms with Gasteiger partial charge in [0.25, 0.3) is 5.91 Å². The molecule has 3 rings (SSSR count). The number of nitrogens with zero attached hydrogens (tertiary/aromatic N) is 2. The van der Waals surface area contributed by atoms with Gasteiger partial charge in [-0.2, -0.15) is 10.4 Å². The molecule has 0 saturated carbocycles. The minimum Gasteiger partial charge on any atom is -0.484 e. The van der Waals surface area contributed by atoms with E-state index in [2.05, 4.69) is 15.5 Å². The van der Waals surface area contributed by atoms with E-state index >= 15 is 0 Å². The number of nitrogens with one attached hydrogen (secondary N) is 2. The maximum Gasteiger partial charge on any atom is 0.277 e. The molecule has 0 spiro atoms. The van der Waals surface area contributed by atoms with E-state index in [-0.39, 0.29) is 12.5 Å². The van der Waals surface area contributed by atoms with Crippen molar-refractivity contribution in [3.05, 3.63) is 65.9 Å². The van der Waals surface area contributed by atoms with E-state index in [1.807, 2.05) is 36.5 Å². The first kappa shape index (κ1) is 15.3. The second-order valence-corrected chi connectivity index (χ2v) is 5.01. The largest absolute Gasteiger partial charge is 0.484 e. The Morgan fingerprint density at radius 2 is 2.04 bits per heavy atom. The van der Waals surface area contributed by atoms with E-state index in [4.69, 9.17) is 10.00 Å². The molecule has 0 saturated heterocycles. The molecule has 2 N–H and O–H groups in total. The van der Waals surface area contributed by atoms with Crippen LogP contribution in [0.1, 0.15) is 11.1 Å². The first-order valence-corrected chi connectivity index (χ1v) is 7.27. The van der Waals surface area contributed by atoms with Crippen molar-refractivity contribution in [1.29, 1.82) is 5.26 Å². The molecular weight excluding hydrogens is 304 g/mol. The molecule has 6 nitrogen and oxygen atoms in total. The van der Waals surface area contributed by atoms with Crippen molar-refractivity contribution in [1.82, 2.24) is 10.4 Å².